The van der Waals surface area contributed by atoms with Crippen molar-refractivity contribution in [2.45, 2.75) is 19.8 Å². The van der Waals surface area contributed by atoms with Crippen molar-refractivity contribution in [3.05, 3.63) is 29.8 Å². The Hall–Kier alpha value is -1.55. The van der Waals surface area contributed by atoms with Gasteiger partial charge in [0.2, 0.25) is 0 Å². The lowest BCUT2D eigenvalue weighted by molar-refractivity contribution is 0.110. The van der Waals surface area contributed by atoms with Gasteiger partial charge in [-0.3, -0.25) is 0 Å². The molecule has 0 unspecified atom stereocenters. The number of carbonyl (C=O) groups is 1. The van der Waals surface area contributed by atoms with E-state index in [9.17, 15) is 4.79 Å². The second-order valence-electron chi connectivity index (χ2n) is 5.18. The Morgan fingerprint density at radius 2 is 1.95 bits per heavy atom. The molecule has 19 heavy (non-hydrogen) atoms. The zero-order valence-corrected chi connectivity index (χ0v) is 11.7. The molecule has 1 aliphatic heterocycles. The number of carbonyl (C=O) groups excluding carboxylic acids is 1. The van der Waals surface area contributed by atoms with Crippen molar-refractivity contribution in [2.75, 3.05) is 32.1 Å². The number of aryl methyl sites for hydroxylation is 1. The molecule has 1 fully saturated rings. The Kier molecular flexibility index (Phi) is 4.80. The molecular formula is C15H22N2O2. The molecule has 0 radical (unpaired) electrons. The summed E-state index contributed by atoms with van der Waals surface area (Å²) in [6.07, 6.45) is 2.05. The smallest absolute Gasteiger partial charge is 0.321 e. The van der Waals surface area contributed by atoms with Crippen molar-refractivity contribution in [1.29, 1.82) is 0 Å². The first kappa shape index (κ1) is 13.9. The van der Waals surface area contributed by atoms with E-state index >= 15 is 0 Å². The number of benzene rings is 1. The van der Waals surface area contributed by atoms with Crippen LogP contribution in [-0.2, 0) is 4.74 Å². The third-order valence-electron chi connectivity index (χ3n) is 3.61. The van der Waals surface area contributed by atoms with Gasteiger partial charge in [0.1, 0.15) is 0 Å². The molecule has 0 saturated carbocycles. The fraction of sp³-hybridized carbons (Fsp3) is 0.533. The van der Waals surface area contributed by atoms with Gasteiger partial charge in [-0.1, -0.05) is 17.7 Å². The number of urea groups is 1. The summed E-state index contributed by atoms with van der Waals surface area (Å²) in [5.74, 6) is 0.591. The highest BCUT2D eigenvalue weighted by atomic mass is 16.5. The summed E-state index contributed by atoms with van der Waals surface area (Å²) in [5, 5.41) is 2.94. The van der Waals surface area contributed by atoms with Crippen LogP contribution in [0.3, 0.4) is 0 Å². The van der Waals surface area contributed by atoms with Crippen LogP contribution < -0.4 is 5.32 Å². The van der Waals surface area contributed by atoms with Crippen LogP contribution in [0.1, 0.15) is 18.4 Å². The maximum absolute atomic E-state index is 12.1. The Bertz CT molecular complexity index is 409. The average molecular weight is 262 g/mol. The topological polar surface area (TPSA) is 41.6 Å². The molecule has 2 amide bonds. The Morgan fingerprint density at radius 3 is 2.53 bits per heavy atom. The molecule has 0 spiro atoms. The first-order valence-electron chi connectivity index (χ1n) is 6.80. The maximum atomic E-state index is 12.1. The van der Waals surface area contributed by atoms with Crippen LogP contribution in [0.2, 0.25) is 0 Å². The lowest BCUT2D eigenvalue weighted by Crippen LogP contribution is -2.41. The largest absolute Gasteiger partial charge is 0.384 e. The lowest BCUT2D eigenvalue weighted by atomic mass is 9.98. The molecule has 104 valence electrons. The van der Waals surface area contributed by atoms with Crippen molar-refractivity contribution in [2.24, 2.45) is 5.92 Å². The number of nitrogens with zero attached hydrogens (tertiary/aromatic N) is 1. The van der Waals surface area contributed by atoms with E-state index in [2.05, 4.69) is 5.32 Å². The van der Waals surface area contributed by atoms with Gasteiger partial charge in [-0.25, -0.2) is 4.79 Å². The number of anilines is 1. The molecular weight excluding hydrogens is 240 g/mol. The summed E-state index contributed by atoms with van der Waals surface area (Å²) in [7, 11) is 1.73. The molecule has 1 aliphatic rings. The van der Waals surface area contributed by atoms with Crippen molar-refractivity contribution in [3.63, 3.8) is 0 Å². The molecule has 0 bridgehead atoms. The number of rotatable bonds is 3. The first-order chi connectivity index (χ1) is 9.19. The fourth-order valence-electron chi connectivity index (χ4n) is 2.38. The van der Waals surface area contributed by atoms with Gasteiger partial charge in [0, 0.05) is 32.5 Å². The van der Waals surface area contributed by atoms with Gasteiger partial charge in [-0.2, -0.15) is 0 Å². The van der Waals surface area contributed by atoms with Crippen LogP contribution in [0.25, 0.3) is 0 Å². The van der Waals surface area contributed by atoms with Gasteiger partial charge >= 0.3 is 6.03 Å². The number of hydrogen-bond acceptors (Lipinski definition) is 2. The Labute approximate surface area is 114 Å². The van der Waals surface area contributed by atoms with Gasteiger partial charge in [-0.05, 0) is 37.8 Å². The Morgan fingerprint density at radius 1 is 1.32 bits per heavy atom. The number of ether oxygens (including phenoxy) is 1. The van der Waals surface area contributed by atoms with E-state index in [0.717, 1.165) is 38.2 Å². The molecule has 1 aromatic carbocycles. The molecule has 4 nitrogen and oxygen atoms in total. The molecule has 1 heterocycles. The van der Waals surface area contributed by atoms with E-state index in [1.165, 1.54) is 5.56 Å². The van der Waals surface area contributed by atoms with Gasteiger partial charge < -0.3 is 15.0 Å². The second-order valence-corrected chi connectivity index (χ2v) is 5.18. The quantitative estimate of drug-likeness (QED) is 0.910. The van der Waals surface area contributed by atoms with Crippen LogP contribution in [0.4, 0.5) is 10.5 Å². The van der Waals surface area contributed by atoms with E-state index in [4.69, 9.17) is 4.74 Å². The number of nitrogens with one attached hydrogen (secondary N) is 1. The zero-order chi connectivity index (χ0) is 13.7. The van der Waals surface area contributed by atoms with Gasteiger partial charge in [0.15, 0.2) is 0 Å². The number of hydrogen-bond donors (Lipinski definition) is 1. The summed E-state index contributed by atoms with van der Waals surface area (Å²) in [6.45, 7) is 4.46. The maximum Gasteiger partial charge on any atom is 0.321 e. The van der Waals surface area contributed by atoms with Crippen molar-refractivity contribution >= 4 is 11.7 Å². The molecule has 1 N–H and O–H groups in total. The number of piperidine rings is 1. The first-order valence-corrected chi connectivity index (χ1v) is 6.80. The normalized spacial score (nSPS) is 16.4. The van der Waals surface area contributed by atoms with Crippen LogP contribution >= 0.6 is 0 Å². The monoisotopic (exact) mass is 262 g/mol. The number of methoxy groups -OCH3 is 1. The van der Waals surface area contributed by atoms with E-state index in [1.807, 2.05) is 36.1 Å². The molecule has 0 aliphatic carbocycles. The van der Waals surface area contributed by atoms with Crippen LogP contribution in [0.5, 0.6) is 0 Å². The molecule has 0 aromatic heterocycles. The van der Waals surface area contributed by atoms with Crippen LogP contribution in [0.15, 0.2) is 24.3 Å². The second kappa shape index (κ2) is 6.57. The minimum absolute atomic E-state index is 0.000259. The molecule has 1 aromatic rings. The van der Waals surface area contributed by atoms with Crippen molar-refractivity contribution in [1.82, 2.24) is 4.90 Å². The van der Waals surface area contributed by atoms with E-state index in [-0.39, 0.29) is 6.03 Å². The van der Waals surface area contributed by atoms with E-state index < -0.39 is 0 Å². The predicted molar refractivity (Wildman–Crippen MR) is 76.4 cm³/mol. The third-order valence-corrected chi connectivity index (χ3v) is 3.61. The van der Waals surface area contributed by atoms with E-state index in [1.54, 1.807) is 7.11 Å². The summed E-state index contributed by atoms with van der Waals surface area (Å²) in [4.78, 5) is 14.0. The van der Waals surface area contributed by atoms with Crippen LogP contribution in [-0.4, -0.2) is 37.7 Å². The molecule has 0 atom stereocenters. The average Bonchev–Trinajstić information content (AvgIpc) is 2.42. The predicted octanol–water partition coefficient (Wildman–Crippen LogP) is 2.89. The minimum atomic E-state index is -0.000259. The van der Waals surface area contributed by atoms with Gasteiger partial charge in [-0.15, -0.1) is 0 Å². The lowest BCUT2D eigenvalue weighted by Gasteiger charge is -2.31. The highest BCUT2D eigenvalue weighted by Gasteiger charge is 2.22. The van der Waals surface area contributed by atoms with Gasteiger partial charge in [0.25, 0.3) is 0 Å². The standard InChI is InChI=1S/C15H22N2O2/c1-12-3-5-14(6-4-12)16-15(18)17-9-7-13(8-10-17)11-19-2/h3-6,13H,7-11H2,1-2H3,(H,16,18). The third kappa shape index (κ3) is 3.96. The highest BCUT2D eigenvalue weighted by molar-refractivity contribution is 5.89. The molecule has 2 rings (SSSR count). The zero-order valence-electron chi connectivity index (χ0n) is 11.7. The summed E-state index contributed by atoms with van der Waals surface area (Å²) >= 11 is 0. The minimum Gasteiger partial charge on any atom is -0.384 e. The van der Waals surface area contributed by atoms with E-state index in [0.29, 0.717) is 5.92 Å². The van der Waals surface area contributed by atoms with Gasteiger partial charge in [0.05, 0.1) is 0 Å². The van der Waals surface area contributed by atoms with Crippen molar-refractivity contribution in [3.8, 4) is 0 Å². The molecule has 1 saturated heterocycles. The highest BCUT2D eigenvalue weighted by Crippen LogP contribution is 2.18. The van der Waals surface area contributed by atoms with Crippen LogP contribution in [0, 0.1) is 12.8 Å². The molecule has 4 heteroatoms. The summed E-state index contributed by atoms with van der Waals surface area (Å²) in [6, 6.07) is 7.87. The summed E-state index contributed by atoms with van der Waals surface area (Å²) in [5.41, 5.74) is 2.05. The fourth-order valence-corrected chi connectivity index (χ4v) is 2.38. The Balaban J connectivity index is 1.83. The number of likely N-dealkylation sites (tertiary alicyclic amines) is 1. The number of amides is 2. The summed E-state index contributed by atoms with van der Waals surface area (Å²) < 4.78 is 5.16. The SMILES string of the molecule is COCC1CCN(C(=O)Nc2ccc(C)cc2)CC1. The van der Waals surface area contributed by atoms with Crippen molar-refractivity contribution < 1.29 is 9.53 Å².